The summed E-state index contributed by atoms with van der Waals surface area (Å²) in [7, 11) is -1.90. The highest BCUT2D eigenvalue weighted by atomic mass is 32.2. The molecule has 2 aromatic rings. The molecule has 0 spiro atoms. The average Bonchev–Trinajstić information content (AvgIpc) is 2.69. The molecule has 6 nitrogen and oxygen atoms in total. The van der Waals surface area contributed by atoms with Crippen molar-refractivity contribution in [3.05, 3.63) is 59.7 Å². The second-order valence-electron chi connectivity index (χ2n) is 6.56. The minimum atomic E-state index is -3.51. The van der Waals surface area contributed by atoms with Gasteiger partial charge in [-0.25, -0.2) is 8.42 Å². The third-order valence-corrected chi connectivity index (χ3v) is 6.71. The molecule has 27 heavy (non-hydrogen) atoms. The Morgan fingerprint density at radius 2 is 1.74 bits per heavy atom. The molecular weight excluding hydrogens is 362 g/mol. The number of ether oxygens (including phenoxy) is 1. The van der Waals surface area contributed by atoms with Gasteiger partial charge in [-0.15, -0.1) is 0 Å². The monoisotopic (exact) mass is 385 g/mol. The Morgan fingerprint density at radius 1 is 1.07 bits per heavy atom. The van der Waals surface area contributed by atoms with Crippen LogP contribution in [-0.2, 0) is 10.0 Å². The van der Waals surface area contributed by atoms with E-state index in [2.05, 4.69) is 6.07 Å². The van der Waals surface area contributed by atoms with Gasteiger partial charge in [0.05, 0.1) is 18.1 Å². The predicted octanol–water partition coefficient (Wildman–Crippen LogP) is 2.57. The number of rotatable bonds is 5. The lowest BCUT2D eigenvalue weighted by molar-refractivity contribution is 0.162. The van der Waals surface area contributed by atoms with Crippen LogP contribution in [0.1, 0.15) is 17.2 Å². The molecule has 3 rings (SSSR count). The van der Waals surface area contributed by atoms with Crippen molar-refractivity contribution in [3.63, 3.8) is 0 Å². The maximum absolute atomic E-state index is 12.9. The first-order valence-electron chi connectivity index (χ1n) is 8.80. The summed E-state index contributed by atoms with van der Waals surface area (Å²) in [5.74, 6) is 0.740. The highest BCUT2D eigenvalue weighted by Gasteiger charge is 2.31. The molecule has 2 aromatic carbocycles. The molecule has 1 unspecified atom stereocenters. The molecule has 1 aliphatic heterocycles. The maximum atomic E-state index is 12.9. The Hall–Kier alpha value is -2.40. The Balaban J connectivity index is 1.71. The van der Waals surface area contributed by atoms with Gasteiger partial charge in [-0.05, 0) is 42.3 Å². The molecule has 0 aliphatic carbocycles. The van der Waals surface area contributed by atoms with Crippen LogP contribution in [0, 0.1) is 18.3 Å². The van der Waals surface area contributed by atoms with Crippen molar-refractivity contribution in [1.29, 1.82) is 5.26 Å². The fourth-order valence-corrected chi connectivity index (χ4v) is 4.81. The summed E-state index contributed by atoms with van der Waals surface area (Å²) in [5, 5.41) is 9.64. The summed E-state index contributed by atoms with van der Waals surface area (Å²) in [6.07, 6.45) is 0. The SMILES string of the molecule is COc1ccc(C(C#N)N2CCN(S(=O)(=O)c3cccc(C)c3)CC2)cc1. The summed E-state index contributed by atoms with van der Waals surface area (Å²) >= 11 is 0. The van der Waals surface area contributed by atoms with Crippen LogP contribution in [0.15, 0.2) is 53.4 Å². The number of methoxy groups -OCH3 is 1. The molecule has 1 heterocycles. The molecular formula is C20H23N3O3S. The smallest absolute Gasteiger partial charge is 0.243 e. The molecule has 0 saturated carbocycles. The Bertz CT molecular complexity index is 928. The molecule has 1 fully saturated rings. The van der Waals surface area contributed by atoms with Gasteiger partial charge in [0.25, 0.3) is 0 Å². The molecule has 0 radical (unpaired) electrons. The zero-order valence-corrected chi connectivity index (χ0v) is 16.3. The summed E-state index contributed by atoms with van der Waals surface area (Å²) in [5.41, 5.74) is 1.80. The highest BCUT2D eigenvalue weighted by Crippen LogP contribution is 2.25. The van der Waals surface area contributed by atoms with Crippen molar-refractivity contribution in [3.8, 4) is 11.8 Å². The van der Waals surface area contributed by atoms with Crippen LogP contribution >= 0.6 is 0 Å². The molecule has 1 atom stereocenters. The van der Waals surface area contributed by atoms with Gasteiger partial charge >= 0.3 is 0 Å². The van der Waals surface area contributed by atoms with Crippen molar-refractivity contribution >= 4 is 10.0 Å². The van der Waals surface area contributed by atoms with Crippen molar-refractivity contribution in [2.24, 2.45) is 0 Å². The number of hydrogen-bond donors (Lipinski definition) is 0. The number of nitrogens with zero attached hydrogens (tertiary/aromatic N) is 3. The largest absolute Gasteiger partial charge is 0.497 e. The van der Waals surface area contributed by atoms with Crippen molar-refractivity contribution in [2.45, 2.75) is 17.9 Å². The van der Waals surface area contributed by atoms with Crippen molar-refractivity contribution < 1.29 is 13.2 Å². The van der Waals surface area contributed by atoms with E-state index in [0.717, 1.165) is 16.9 Å². The summed E-state index contributed by atoms with van der Waals surface area (Å²) < 4.78 is 32.4. The average molecular weight is 385 g/mol. The normalized spacial score (nSPS) is 17.2. The van der Waals surface area contributed by atoms with E-state index in [9.17, 15) is 13.7 Å². The third kappa shape index (κ3) is 4.14. The Labute approximate surface area is 160 Å². The van der Waals surface area contributed by atoms with Gasteiger partial charge in [0.1, 0.15) is 11.8 Å². The molecule has 0 amide bonds. The van der Waals surface area contributed by atoms with Crippen LogP contribution < -0.4 is 4.74 Å². The molecule has 142 valence electrons. The highest BCUT2D eigenvalue weighted by molar-refractivity contribution is 7.89. The van der Waals surface area contributed by atoms with E-state index < -0.39 is 16.1 Å². The van der Waals surface area contributed by atoms with E-state index in [0.29, 0.717) is 31.1 Å². The van der Waals surface area contributed by atoms with Gasteiger partial charge in [-0.1, -0.05) is 24.3 Å². The van der Waals surface area contributed by atoms with Crippen LogP contribution in [0.3, 0.4) is 0 Å². The number of piperazine rings is 1. The quantitative estimate of drug-likeness (QED) is 0.791. The lowest BCUT2D eigenvalue weighted by Gasteiger charge is -2.36. The Kier molecular flexibility index (Phi) is 5.80. The second-order valence-corrected chi connectivity index (χ2v) is 8.50. The van der Waals surface area contributed by atoms with Gasteiger partial charge in [0.15, 0.2) is 0 Å². The zero-order chi connectivity index (χ0) is 19.4. The van der Waals surface area contributed by atoms with Gasteiger partial charge < -0.3 is 4.74 Å². The fourth-order valence-electron chi connectivity index (χ4n) is 3.28. The number of aryl methyl sites for hydroxylation is 1. The van der Waals surface area contributed by atoms with Gasteiger partial charge in [0, 0.05) is 26.2 Å². The molecule has 1 saturated heterocycles. The topological polar surface area (TPSA) is 73.6 Å². The number of hydrogen-bond acceptors (Lipinski definition) is 5. The van der Waals surface area contributed by atoms with Gasteiger partial charge in [-0.3, -0.25) is 4.90 Å². The summed E-state index contributed by atoms with van der Waals surface area (Å²) in [4.78, 5) is 2.34. The van der Waals surface area contributed by atoms with E-state index in [-0.39, 0.29) is 0 Å². The fraction of sp³-hybridized carbons (Fsp3) is 0.350. The van der Waals surface area contributed by atoms with E-state index in [4.69, 9.17) is 4.74 Å². The lowest BCUT2D eigenvalue weighted by atomic mass is 10.1. The second kappa shape index (κ2) is 8.09. The maximum Gasteiger partial charge on any atom is 0.243 e. The number of sulfonamides is 1. The molecule has 0 N–H and O–H groups in total. The first-order chi connectivity index (χ1) is 13.0. The van der Waals surface area contributed by atoms with Crippen molar-refractivity contribution in [1.82, 2.24) is 9.21 Å². The van der Waals surface area contributed by atoms with E-state index in [1.54, 1.807) is 25.3 Å². The first kappa shape index (κ1) is 19.4. The van der Waals surface area contributed by atoms with E-state index in [1.807, 2.05) is 42.2 Å². The summed E-state index contributed by atoms with van der Waals surface area (Å²) in [6.45, 7) is 3.63. The summed E-state index contributed by atoms with van der Waals surface area (Å²) in [6, 6.07) is 16.3. The standard InChI is InChI=1S/C20H23N3O3S/c1-16-4-3-5-19(14-16)27(24,25)23-12-10-22(11-13-23)20(15-21)17-6-8-18(26-2)9-7-17/h3-9,14,20H,10-13H2,1-2H3. The minimum Gasteiger partial charge on any atom is -0.497 e. The Morgan fingerprint density at radius 3 is 2.30 bits per heavy atom. The molecule has 0 bridgehead atoms. The first-order valence-corrected chi connectivity index (χ1v) is 10.2. The van der Waals surface area contributed by atoms with Crippen LogP contribution in [0.5, 0.6) is 5.75 Å². The zero-order valence-electron chi connectivity index (χ0n) is 15.5. The van der Waals surface area contributed by atoms with E-state index in [1.165, 1.54) is 4.31 Å². The van der Waals surface area contributed by atoms with Crippen LogP contribution in [0.2, 0.25) is 0 Å². The molecule has 0 aromatic heterocycles. The van der Waals surface area contributed by atoms with Crippen molar-refractivity contribution in [2.75, 3.05) is 33.3 Å². The van der Waals surface area contributed by atoms with Crippen LogP contribution in [0.25, 0.3) is 0 Å². The lowest BCUT2D eigenvalue weighted by Crippen LogP contribution is -2.49. The number of benzene rings is 2. The number of nitriles is 1. The van der Waals surface area contributed by atoms with Gasteiger partial charge in [0.2, 0.25) is 10.0 Å². The predicted molar refractivity (Wildman–Crippen MR) is 103 cm³/mol. The molecule has 7 heteroatoms. The van der Waals surface area contributed by atoms with E-state index >= 15 is 0 Å². The minimum absolute atomic E-state index is 0.322. The van der Waals surface area contributed by atoms with Gasteiger partial charge in [-0.2, -0.15) is 9.57 Å². The molecule has 1 aliphatic rings. The van der Waals surface area contributed by atoms with Crippen LogP contribution in [0.4, 0.5) is 0 Å². The third-order valence-electron chi connectivity index (χ3n) is 4.82. The van der Waals surface area contributed by atoms with Crippen LogP contribution in [-0.4, -0.2) is 50.9 Å².